The van der Waals surface area contributed by atoms with Crippen molar-refractivity contribution < 1.29 is 9.47 Å². The summed E-state index contributed by atoms with van der Waals surface area (Å²) in [7, 11) is 7.47. The zero-order chi connectivity index (χ0) is 22.8. The highest BCUT2D eigenvalue weighted by molar-refractivity contribution is 5.80. The molecule has 0 radical (unpaired) electrons. The van der Waals surface area contributed by atoms with Gasteiger partial charge in [-0.05, 0) is 52.4 Å². The van der Waals surface area contributed by atoms with Crippen LogP contribution in [-0.2, 0) is 0 Å². The van der Waals surface area contributed by atoms with E-state index in [1.807, 2.05) is 13.1 Å². The molecule has 2 heterocycles. The number of nitrogens with one attached hydrogen (secondary N) is 2. The van der Waals surface area contributed by atoms with E-state index in [1.165, 1.54) is 32.6 Å². The van der Waals surface area contributed by atoms with Gasteiger partial charge in [-0.25, -0.2) is 0 Å². The molecule has 2 saturated heterocycles. The van der Waals surface area contributed by atoms with Gasteiger partial charge in [0.1, 0.15) is 11.5 Å². The highest BCUT2D eigenvalue weighted by atomic mass is 16.5. The van der Waals surface area contributed by atoms with Gasteiger partial charge in [0, 0.05) is 69.7 Å². The lowest BCUT2D eigenvalue weighted by atomic mass is 10.0. The standard InChI is InChI=1S/C24H42N6O2/c1-25-24(26-9-5-11-29-12-6-10-28(2)15-16-29)27-20-7-13-30(14-8-20)21-17-22(31-3)19-23(18-21)32-4/h17-20H,5-16H2,1-4H3,(H2,25,26,27). The predicted octanol–water partition coefficient (Wildman–Crippen LogP) is 1.87. The molecule has 2 N–H and O–H groups in total. The fourth-order valence-corrected chi connectivity index (χ4v) is 4.48. The van der Waals surface area contributed by atoms with Gasteiger partial charge >= 0.3 is 0 Å². The second-order valence-electron chi connectivity index (χ2n) is 8.83. The molecule has 0 aliphatic carbocycles. The smallest absolute Gasteiger partial charge is 0.191 e. The largest absolute Gasteiger partial charge is 0.497 e. The van der Waals surface area contributed by atoms with E-state index in [0.29, 0.717) is 6.04 Å². The van der Waals surface area contributed by atoms with Crippen molar-refractivity contribution in [1.82, 2.24) is 20.4 Å². The number of methoxy groups -OCH3 is 2. The van der Waals surface area contributed by atoms with Crippen LogP contribution in [-0.4, -0.2) is 102 Å². The van der Waals surface area contributed by atoms with Gasteiger partial charge in [0.15, 0.2) is 5.96 Å². The average Bonchev–Trinajstić information content (AvgIpc) is 3.04. The number of nitrogens with zero attached hydrogens (tertiary/aromatic N) is 4. The monoisotopic (exact) mass is 446 g/mol. The Morgan fingerprint density at radius 2 is 1.72 bits per heavy atom. The summed E-state index contributed by atoms with van der Waals surface area (Å²) in [6, 6.07) is 6.52. The van der Waals surface area contributed by atoms with Crippen molar-refractivity contribution in [3.63, 3.8) is 0 Å². The van der Waals surface area contributed by atoms with Gasteiger partial charge in [-0.15, -0.1) is 0 Å². The molecule has 0 atom stereocenters. The molecule has 2 aliphatic rings. The van der Waals surface area contributed by atoms with Crippen molar-refractivity contribution in [3.05, 3.63) is 18.2 Å². The number of hydrogen-bond donors (Lipinski definition) is 2. The predicted molar refractivity (Wildman–Crippen MR) is 132 cm³/mol. The molecule has 3 rings (SSSR count). The van der Waals surface area contributed by atoms with Gasteiger partial charge in [0.25, 0.3) is 0 Å². The number of guanidine groups is 1. The molecule has 8 heteroatoms. The summed E-state index contributed by atoms with van der Waals surface area (Å²) in [6.45, 7) is 8.89. The van der Waals surface area contributed by atoms with Crippen LogP contribution in [0.3, 0.4) is 0 Å². The minimum atomic E-state index is 0.436. The number of rotatable bonds is 8. The first-order chi connectivity index (χ1) is 15.6. The first-order valence-electron chi connectivity index (χ1n) is 12.0. The van der Waals surface area contributed by atoms with E-state index < -0.39 is 0 Å². The molecule has 0 saturated carbocycles. The first-order valence-corrected chi connectivity index (χ1v) is 12.0. The summed E-state index contributed by atoms with van der Waals surface area (Å²) in [5, 5.41) is 7.13. The Balaban J connectivity index is 1.38. The van der Waals surface area contributed by atoms with Crippen LogP contribution in [0.5, 0.6) is 11.5 Å². The average molecular weight is 447 g/mol. The molecule has 0 bridgehead atoms. The van der Waals surface area contributed by atoms with Gasteiger partial charge < -0.3 is 34.8 Å². The summed E-state index contributed by atoms with van der Waals surface area (Å²) in [5.74, 6) is 2.58. The highest BCUT2D eigenvalue weighted by Gasteiger charge is 2.21. The quantitative estimate of drug-likeness (QED) is 0.359. The second kappa shape index (κ2) is 12.7. The van der Waals surface area contributed by atoms with Crippen LogP contribution < -0.4 is 25.0 Å². The Morgan fingerprint density at radius 3 is 2.38 bits per heavy atom. The van der Waals surface area contributed by atoms with Crippen LogP contribution >= 0.6 is 0 Å². The molecule has 1 aromatic rings. The van der Waals surface area contributed by atoms with Gasteiger partial charge in [0.2, 0.25) is 0 Å². The number of likely N-dealkylation sites (N-methyl/N-ethyl adjacent to an activating group) is 1. The molecule has 180 valence electrons. The van der Waals surface area contributed by atoms with Crippen molar-refractivity contribution in [1.29, 1.82) is 0 Å². The van der Waals surface area contributed by atoms with Crippen LogP contribution in [0.25, 0.3) is 0 Å². The molecule has 32 heavy (non-hydrogen) atoms. The second-order valence-corrected chi connectivity index (χ2v) is 8.83. The third kappa shape index (κ3) is 7.45. The molecule has 0 unspecified atom stereocenters. The lowest BCUT2D eigenvalue weighted by Gasteiger charge is -2.34. The summed E-state index contributed by atoms with van der Waals surface area (Å²) in [4.78, 5) is 11.9. The van der Waals surface area contributed by atoms with Crippen molar-refractivity contribution in [2.45, 2.75) is 31.7 Å². The molecule has 2 aliphatic heterocycles. The summed E-state index contributed by atoms with van der Waals surface area (Å²) in [5.41, 5.74) is 1.15. The molecule has 0 aromatic heterocycles. The van der Waals surface area contributed by atoms with E-state index in [4.69, 9.17) is 9.47 Å². The first kappa shape index (κ1) is 24.5. The van der Waals surface area contributed by atoms with Gasteiger partial charge in [0.05, 0.1) is 14.2 Å². The molecule has 0 amide bonds. The summed E-state index contributed by atoms with van der Waals surface area (Å²) in [6.07, 6.45) is 4.55. The number of aliphatic imine (C=N–C) groups is 1. The van der Waals surface area contributed by atoms with Crippen molar-refractivity contribution in [2.24, 2.45) is 4.99 Å². The van der Waals surface area contributed by atoms with Crippen LogP contribution in [0, 0.1) is 0 Å². The molecule has 0 spiro atoms. The van der Waals surface area contributed by atoms with Crippen molar-refractivity contribution in [3.8, 4) is 11.5 Å². The highest BCUT2D eigenvalue weighted by Crippen LogP contribution is 2.30. The maximum absolute atomic E-state index is 5.42. The number of ether oxygens (including phenoxy) is 2. The van der Waals surface area contributed by atoms with Gasteiger partial charge in [-0.3, -0.25) is 4.99 Å². The van der Waals surface area contributed by atoms with E-state index >= 15 is 0 Å². The fourth-order valence-electron chi connectivity index (χ4n) is 4.48. The lowest BCUT2D eigenvalue weighted by molar-refractivity contribution is 0.273. The molecule has 2 fully saturated rings. The van der Waals surface area contributed by atoms with E-state index in [9.17, 15) is 0 Å². The Kier molecular flexibility index (Phi) is 9.74. The lowest BCUT2D eigenvalue weighted by Crippen LogP contribution is -2.49. The molecule has 1 aromatic carbocycles. The minimum Gasteiger partial charge on any atom is -0.497 e. The third-order valence-electron chi connectivity index (χ3n) is 6.52. The number of hydrogen-bond acceptors (Lipinski definition) is 6. The topological polar surface area (TPSA) is 64.6 Å². The van der Waals surface area contributed by atoms with Crippen LogP contribution in [0.4, 0.5) is 5.69 Å². The zero-order valence-electron chi connectivity index (χ0n) is 20.4. The normalized spacial score (nSPS) is 19.5. The van der Waals surface area contributed by atoms with Crippen molar-refractivity contribution >= 4 is 11.6 Å². The van der Waals surface area contributed by atoms with Gasteiger partial charge in [-0.2, -0.15) is 0 Å². The molecular formula is C24H42N6O2. The summed E-state index contributed by atoms with van der Waals surface area (Å²) < 4.78 is 10.8. The maximum Gasteiger partial charge on any atom is 0.191 e. The van der Waals surface area contributed by atoms with Crippen molar-refractivity contribution in [2.75, 3.05) is 85.6 Å². The number of anilines is 1. The Bertz CT molecular complexity index is 698. The number of piperidine rings is 1. The Morgan fingerprint density at radius 1 is 1.00 bits per heavy atom. The van der Waals surface area contributed by atoms with E-state index in [2.05, 4.69) is 49.5 Å². The SMILES string of the molecule is CN=C(NCCCN1CCCN(C)CC1)NC1CCN(c2cc(OC)cc(OC)c2)CC1. The Labute approximate surface area is 193 Å². The van der Waals surface area contributed by atoms with E-state index in [1.54, 1.807) is 14.2 Å². The van der Waals surface area contributed by atoms with E-state index in [0.717, 1.165) is 68.6 Å². The van der Waals surface area contributed by atoms with Crippen LogP contribution in [0.1, 0.15) is 25.7 Å². The van der Waals surface area contributed by atoms with Gasteiger partial charge in [-0.1, -0.05) is 0 Å². The maximum atomic E-state index is 5.42. The van der Waals surface area contributed by atoms with Crippen LogP contribution in [0.15, 0.2) is 23.2 Å². The molecular weight excluding hydrogens is 404 g/mol. The number of benzene rings is 1. The summed E-state index contributed by atoms with van der Waals surface area (Å²) >= 11 is 0. The fraction of sp³-hybridized carbons (Fsp3) is 0.708. The van der Waals surface area contributed by atoms with E-state index in [-0.39, 0.29) is 0 Å². The molecule has 8 nitrogen and oxygen atoms in total. The third-order valence-corrected chi connectivity index (χ3v) is 6.52. The zero-order valence-corrected chi connectivity index (χ0v) is 20.4. The van der Waals surface area contributed by atoms with Crippen LogP contribution in [0.2, 0.25) is 0 Å². The minimum absolute atomic E-state index is 0.436. The Hall–Kier alpha value is -2.19.